The molecule has 164 valence electrons. The van der Waals surface area contributed by atoms with E-state index in [-0.39, 0.29) is 22.7 Å². The lowest BCUT2D eigenvalue weighted by Gasteiger charge is -2.43. The molecule has 1 aromatic heterocycles. The number of pyridine rings is 1. The number of nitrogens with one attached hydrogen (secondary N) is 1. The average molecular weight is 468 g/mol. The molecule has 9 heteroatoms. The number of thiocarbonyl (C=S) groups is 1. The molecule has 1 aromatic carbocycles. The second kappa shape index (κ2) is 8.32. The minimum atomic E-state index is -0.686. The molecule has 7 nitrogen and oxygen atoms in total. The normalized spacial score (nSPS) is 20.4. The maximum atomic E-state index is 13.5. The van der Waals surface area contributed by atoms with Crippen molar-refractivity contribution in [3.63, 3.8) is 0 Å². The second-order valence-corrected chi connectivity index (χ2v) is 9.11. The number of rotatable bonds is 4. The van der Waals surface area contributed by atoms with E-state index in [1.807, 2.05) is 35.2 Å². The fourth-order valence-corrected chi connectivity index (χ4v) is 5.29. The first-order valence-electron chi connectivity index (χ1n) is 10.8. The maximum Gasteiger partial charge on any atom is 0.259 e. The molecular formula is C23H22ClN5O2S. The van der Waals surface area contributed by atoms with Crippen molar-refractivity contribution in [1.82, 2.24) is 10.3 Å². The Labute approximate surface area is 196 Å². The third-order valence-electron chi connectivity index (χ3n) is 6.47. The Balaban J connectivity index is 1.43. The van der Waals surface area contributed by atoms with Crippen LogP contribution in [0.25, 0.3) is 0 Å². The molecule has 2 aliphatic heterocycles. The SMILES string of the molecule is N#Cc1ncc(N2C(=O)C3(CCC3)N(c3ccc(OC4CCNCC4)cc3)C2=S)cc1Cl. The Morgan fingerprint density at radius 3 is 2.53 bits per heavy atom. The summed E-state index contributed by atoms with van der Waals surface area (Å²) in [6, 6.07) is 11.3. The minimum absolute atomic E-state index is 0.0774. The van der Waals surface area contributed by atoms with Gasteiger partial charge in [0.15, 0.2) is 10.8 Å². The number of halogens is 1. The molecule has 1 amide bonds. The van der Waals surface area contributed by atoms with Gasteiger partial charge in [0.05, 0.1) is 16.9 Å². The van der Waals surface area contributed by atoms with Crippen LogP contribution in [0.15, 0.2) is 36.5 Å². The van der Waals surface area contributed by atoms with Gasteiger partial charge in [-0.3, -0.25) is 9.69 Å². The summed E-state index contributed by atoms with van der Waals surface area (Å²) < 4.78 is 6.12. The highest BCUT2D eigenvalue weighted by molar-refractivity contribution is 7.81. The van der Waals surface area contributed by atoms with Crippen LogP contribution < -0.4 is 19.9 Å². The second-order valence-electron chi connectivity index (χ2n) is 8.34. The van der Waals surface area contributed by atoms with Crippen LogP contribution in [-0.4, -0.2) is 40.7 Å². The number of carbonyl (C=O) groups excluding carboxylic acids is 1. The van der Waals surface area contributed by atoms with Crippen LogP contribution in [0.3, 0.4) is 0 Å². The Kier molecular flexibility index (Phi) is 5.49. The highest BCUT2D eigenvalue weighted by atomic mass is 35.5. The molecular weight excluding hydrogens is 446 g/mol. The van der Waals surface area contributed by atoms with Gasteiger partial charge < -0.3 is 15.0 Å². The van der Waals surface area contributed by atoms with E-state index in [1.54, 1.807) is 6.07 Å². The lowest BCUT2D eigenvalue weighted by atomic mass is 9.75. The van der Waals surface area contributed by atoms with Crippen molar-refractivity contribution < 1.29 is 9.53 Å². The molecule has 3 fully saturated rings. The Morgan fingerprint density at radius 2 is 1.94 bits per heavy atom. The predicted molar refractivity (Wildman–Crippen MR) is 126 cm³/mol. The molecule has 1 N–H and O–H groups in total. The molecule has 0 unspecified atom stereocenters. The van der Waals surface area contributed by atoms with E-state index >= 15 is 0 Å². The monoisotopic (exact) mass is 467 g/mol. The molecule has 1 spiro atoms. The summed E-state index contributed by atoms with van der Waals surface area (Å²) in [7, 11) is 0. The number of nitriles is 1. The first-order valence-corrected chi connectivity index (χ1v) is 11.5. The third kappa shape index (κ3) is 3.41. The van der Waals surface area contributed by atoms with E-state index in [4.69, 9.17) is 33.8 Å². The largest absolute Gasteiger partial charge is 0.490 e. The van der Waals surface area contributed by atoms with Gasteiger partial charge in [-0.25, -0.2) is 4.98 Å². The van der Waals surface area contributed by atoms with Gasteiger partial charge in [-0.1, -0.05) is 11.6 Å². The molecule has 5 rings (SSSR count). The zero-order valence-electron chi connectivity index (χ0n) is 17.4. The van der Waals surface area contributed by atoms with Crippen LogP contribution >= 0.6 is 23.8 Å². The zero-order chi connectivity index (χ0) is 22.3. The first-order chi connectivity index (χ1) is 15.5. The van der Waals surface area contributed by atoms with Gasteiger partial charge in [0.2, 0.25) is 0 Å². The van der Waals surface area contributed by atoms with Crippen LogP contribution in [0.4, 0.5) is 11.4 Å². The van der Waals surface area contributed by atoms with Crippen molar-refractivity contribution in [2.24, 2.45) is 0 Å². The molecule has 1 saturated carbocycles. The van der Waals surface area contributed by atoms with Gasteiger partial charge in [0.1, 0.15) is 23.5 Å². The number of benzene rings is 1. The fourth-order valence-electron chi connectivity index (χ4n) is 4.62. The molecule has 0 bridgehead atoms. The molecule has 0 atom stereocenters. The van der Waals surface area contributed by atoms with Gasteiger partial charge in [-0.2, -0.15) is 5.26 Å². The number of anilines is 2. The fraction of sp³-hybridized carbons (Fsp3) is 0.391. The van der Waals surface area contributed by atoms with Crippen molar-refractivity contribution in [2.75, 3.05) is 22.9 Å². The summed E-state index contributed by atoms with van der Waals surface area (Å²) in [6.45, 7) is 1.94. The van der Waals surface area contributed by atoms with Crippen LogP contribution in [-0.2, 0) is 4.79 Å². The standard InChI is InChI=1S/C23H22ClN5O2S/c24-19-12-16(14-27-20(19)13-25)28-21(30)23(8-1-9-23)29(22(28)32)15-2-4-17(5-3-15)31-18-6-10-26-11-7-18/h2-5,12,14,18,26H,1,6-11H2. The third-order valence-corrected chi connectivity index (χ3v) is 7.12. The average Bonchev–Trinajstić information content (AvgIpc) is 3.02. The number of carbonyl (C=O) groups is 1. The lowest BCUT2D eigenvalue weighted by molar-refractivity contribution is -0.123. The number of ether oxygens (including phenoxy) is 1. The number of aromatic nitrogens is 1. The topological polar surface area (TPSA) is 81.5 Å². The summed E-state index contributed by atoms with van der Waals surface area (Å²) >= 11 is 12.0. The summed E-state index contributed by atoms with van der Waals surface area (Å²) in [5, 5.41) is 13.0. The smallest absolute Gasteiger partial charge is 0.259 e. The van der Waals surface area contributed by atoms with E-state index in [2.05, 4.69) is 10.3 Å². The molecule has 1 aliphatic carbocycles. The van der Waals surface area contributed by atoms with Crippen molar-refractivity contribution in [1.29, 1.82) is 5.26 Å². The molecule has 2 aromatic rings. The summed E-state index contributed by atoms with van der Waals surface area (Å²) in [6.07, 6.45) is 6.10. The number of nitrogens with zero attached hydrogens (tertiary/aromatic N) is 4. The minimum Gasteiger partial charge on any atom is -0.490 e. The van der Waals surface area contributed by atoms with E-state index in [0.717, 1.165) is 56.6 Å². The van der Waals surface area contributed by atoms with Crippen LogP contribution in [0.1, 0.15) is 37.8 Å². The van der Waals surface area contributed by atoms with E-state index in [1.165, 1.54) is 11.1 Å². The summed E-state index contributed by atoms with van der Waals surface area (Å²) in [5.74, 6) is 0.742. The van der Waals surface area contributed by atoms with E-state index < -0.39 is 5.54 Å². The number of piperidine rings is 1. The maximum absolute atomic E-state index is 13.5. The molecule has 0 radical (unpaired) electrons. The van der Waals surface area contributed by atoms with Crippen LogP contribution in [0.5, 0.6) is 5.75 Å². The molecule has 3 aliphatic rings. The highest BCUT2D eigenvalue weighted by Crippen LogP contribution is 2.48. The van der Waals surface area contributed by atoms with Crippen molar-refractivity contribution in [3.8, 4) is 11.8 Å². The first kappa shape index (κ1) is 21.1. The van der Waals surface area contributed by atoms with Crippen molar-refractivity contribution in [3.05, 3.63) is 47.2 Å². The van der Waals surface area contributed by atoms with E-state index in [9.17, 15) is 4.79 Å². The van der Waals surface area contributed by atoms with Crippen LogP contribution in [0.2, 0.25) is 5.02 Å². The van der Waals surface area contributed by atoms with Crippen molar-refractivity contribution >= 4 is 46.2 Å². The Bertz CT molecular complexity index is 1110. The Hall–Kier alpha value is -2.73. The predicted octanol–water partition coefficient (Wildman–Crippen LogP) is 3.80. The van der Waals surface area contributed by atoms with Crippen LogP contribution in [0, 0.1) is 11.3 Å². The van der Waals surface area contributed by atoms with Crippen molar-refractivity contribution in [2.45, 2.75) is 43.7 Å². The van der Waals surface area contributed by atoms with Gasteiger partial charge in [0, 0.05) is 5.69 Å². The van der Waals surface area contributed by atoms with Gasteiger partial charge in [0.25, 0.3) is 5.91 Å². The van der Waals surface area contributed by atoms with E-state index in [0.29, 0.717) is 10.8 Å². The van der Waals surface area contributed by atoms with Gasteiger partial charge in [-0.05, 0) is 87.7 Å². The van der Waals surface area contributed by atoms with Gasteiger partial charge >= 0.3 is 0 Å². The quantitative estimate of drug-likeness (QED) is 0.685. The number of amides is 1. The number of hydrogen-bond acceptors (Lipinski definition) is 6. The summed E-state index contributed by atoms with van der Waals surface area (Å²) in [5.41, 5.74) is 0.765. The Morgan fingerprint density at radius 1 is 1.22 bits per heavy atom. The van der Waals surface area contributed by atoms with Gasteiger partial charge in [-0.15, -0.1) is 0 Å². The summed E-state index contributed by atoms with van der Waals surface area (Å²) in [4.78, 5) is 21.1. The molecule has 32 heavy (non-hydrogen) atoms. The number of hydrogen-bond donors (Lipinski definition) is 1. The highest BCUT2D eigenvalue weighted by Gasteiger charge is 2.59. The molecule has 3 heterocycles. The molecule has 2 saturated heterocycles. The zero-order valence-corrected chi connectivity index (χ0v) is 19.0. The lowest BCUT2D eigenvalue weighted by Crippen LogP contribution is -2.55.